The number of rotatable bonds is 5. The van der Waals surface area contributed by atoms with Crippen LogP contribution >= 0.6 is 22.9 Å². The molecule has 2 heterocycles. The summed E-state index contributed by atoms with van der Waals surface area (Å²) in [6, 6.07) is 7.14. The van der Waals surface area contributed by atoms with Crippen molar-refractivity contribution < 1.29 is 9.53 Å². The summed E-state index contributed by atoms with van der Waals surface area (Å²) in [4.78, 5) is 20.0. The van der Waals surface area contributed by atoms with Gasteiger partial charge in [-0.1, -0.05) is 23.7 Å². The lowest BCUT2D eigenvalue weighted by Crippen LogP contribution is -2.17. The number of esters is 1. The average molecular weight is 335 g/mol. The topological polar surface area (TPSA) is 69.9 Å². The second-order valence-electron chi connectivity index (χ2n) is 4.44. The predicted molar refractivity (Wildman–Crippen MR) is 81.7 cm³/mol. The van der Waals surface area contributed by atoms with Gasteiger partial charge in [-0.3, -0.25) is 0 Å². The molecule has 0 bridgehead atoms. The number of halogens is 1. The van der Waals surface area contributed by atoms with E-state index in [-0.39, 0.29) is 0 Å². The van der Waals surface area contributed by atoms with Gasteiger partial charge in [0.2, 0.25) is 0 Å². The van der Waals surface area contributed by atoms with Crippen molar-refractivity contribution in [2.75, 3.05) is 0 Å². The molecular formula is C14H11ClN4O2S. The van der Waals surface area contributed by atoms with Crippen LogP contribution in [-0.4, -0.2) is 25.7 Å². The van der Waals surface area contributed by atoms with Gasteiger partial charge < -0.3 is 4.74 Å². The number of thiazole rings is 1. The summed E-state index contributed by atoms with van der Waals surface area (Å²) < 4.78 is 7.17. The highest BCUT2D eigenvalue weighted by molar-refractivity contribution is 7.07. The van der Waals surface area contributed by atoms with Crippen molar-refractivity contribution in [1.82, 2.24) is 19.7 Å². The van der Waals surface area contributed by atoms with E-state index in [9.17, 15) is 4.79 Å². The summed E-state index contributed by atoms with van der Waals surface area (Å²) in [5.41, 5.74) is 2.71. The second-order valence-corrected chi connectivity index (χ2v) is 5.59. The highest BCUT2D eigenvalue weighted by Gasteiger charge is 2.20. The van der Waals surface area contributed by atoms with E-state index < -0.39 is 12.1 Å². The number of hydrogen-bond donors (Lipinski definition) is 0. The van der Waals surface area contributed by atoms with E-state index in [4.69, 9.17) is 16.3 Å². The molecule has 3 rings (SSSR count). The Balaban J connectivity index is 1.82. The number of benzene rings is 1. The number of nitrogens with zero attached hydrogens (tertiary/aromatic N) is 4. The van der Waals surface area contributed by atoms with Crippen molar-refractivity contribution in [2.24, 2.45) is 0 Å². The van der Waals surface area contributed by atoms with Crippen molar-refractivity contribution >= 4 is 28.9 Å². The molecule has 0 saturated carbocycles. The van der Waals surface area contributed by atoms with Gasteiger partial charge in [-0.25, -0.2) is 19.4 Å². The summed E-state index contributed by atoms with van der Waals surface area (Å²) in [6.07, 6.45) is 2.49. The minimum absolute atomic E-state index is 0.294. The first kappa shape index (κ1) is 14.7. The van der Waals surface area contributed by atoms with Crippen LogP contribution in [0.1, 0.15) is 22.2 Å². The molecule has 112 valence electrons. The van der Waals surface area contributed by atoms with Gasteiger partial charge in [0.05, 0.1) is 12.1 Å². The lowest BCUT2D eigenvalue weighted by atomic mass is 10.1. The maximum Gasteiger partial charge on any atom is 0.358 e. The summed E-state index contributed by atoms with van der Waals surface area (Å²) in [6.45, 7) is 0.359. The molecule has 3 aromatic rings. The Morgan fingerprint density at radius 1 is 1.36 bits per heavy atom. The molecule has 0 radical (unpaired) electrons. The van der Waals surface area contributed by atoms with E-state index in [2.05, 4.69) is 15.1 Å². The van der Waals surface area contributed by atoms with E-state index >= 15 is 0 Å². The molecular weight excluding hydrogens is 324 g/mol. The van der Waals surface area contributed by atoms with E-state index in [0.717, 1.165) is 5.56 Å². The van der Waals surface area contributed by atoms with Crippen molar-refractivity contribution in [3.05, 3.63) is 64.1 Å². The first-order valence-electron chi connectivity index (χ1n) is 6.39. The Bertz CT molecular complexity index is 729. The molecule has 0 spiro atoms. The molecule has 0 saturated heterocycles. The highest BCUT2D eigenvalue weighted by Crippen LogP contribution is 2.23. The zero-order valence-electron chi connectivity index (χ0n) is 11.3. The highest BCUT2D eigenvalue weighted by atomic mass is 35.5. The van der Waals surface area contributed by atoms with Crippen molar-refractivity contribution in [2.45, 2.75) is 12.6 Å². The average Bonchev–Trinajstić information content (AvgIpc) is 3.21. The fourth-order valence-corrected chi connectivity index (χ4v) is 2.54. The van der Waals surface area contributed by atoms with Gasteiger partial charge in [0.25, 0.3) is 0 Å². The van der Waals surface area contributed by atoms with Crippen LogP contribution in [0.3, 0.4) is 0 Å². The van der Waals surface area contributed by atoms with Crippen LogP contribution in [-0.2, 0) is 11.3 Å². The fourth-order valence-electron chi connectivity index (χ4n) is 1.89. The maximum atomic E-state index is 12.1. The SMILES string of the molecule is O=C(O[C@@H](Cn1cncn1)c1ccc(Cl)cc1)c1cscn1. The lowest BCUT2D eigenvalue weighted by Gasteiger charge is -2.17. The molecule has 0 aliphatic heterocycles. The lowest BCUT2D eigenvalue weighted by molar-refractivity contribution is 0.0240. The molecule has 8 heteroatoms. The van der Waals surface area contributed by atoms with Gasteiger partial charge in [-0.2, -0.15) is 5.10 Å². The Kier molecular flexibility index (Phi) is 4.45. The predicted octanol–water partition coefficient (Wildman–Crippen LogP) is 2.99. The minimum atomic E-state index is -0.506. The number of carbonyl (C=O) groups excluding carboxylic acids is 1. The fraction of sp³-hybridized carbons (Fsp3) is 0.143. The molecule has 1 aromatic carbocycles. The Labute approximate surface area is 135 Å². The van der Waals surface area contributed by atoms with Crippen LogP contribution in [0.15, 0.2) is 47.8 Å². The van der Waals surface area contributed by atoms with E-state index in [1.807, 2.05) is 12.1 Å². The van der Waals surface area contributed by atoms with Crippen LogP contribution in [0.25, 0.3) is 0 Å². The van der Waals surface area contributed by atoms with Gasteiger partial charge in [0, 0.05) is 10.4 Å². The van der Waals surface area contributed by atoms with Crippen molar-refractivity contribution in [3.63, 3.8) is 0 Å². The third kappa shape index (κ3) is 3.49. The maximum absolute atomic E-state index is 12.1. The summed E-state index contributed by atoms with van der Waals surface area (Å²) in [5, 5.41) is 6.31. The Morgan fingerprint density at radius 2 is 2.18 bits per heavy atom. The zero-order valence-corrected chi connectivity index (χ0v) is 12.9. The van der Waals surface area contributed by atoms with Gasteiger partial charge in [-0.15, -0.1) is 11.3 Å². The quantitative estimate of drug-likeness (QED) is 0.671. The Morgan fingerprint density at radius 3 is 2.82 bits per heavy atom. The number of hydrogen-bond acceptors (Lipinski definition) is 6. The minimum Gasteiger partial charge on any atom is -0.451 e. The normalized spacial score (nSPS) is 12.0. The largest absolute Gasteiger partial charge is 0.451 e. The van der Waals surface area contributed by atoms with Crippen LogP contribution in [0.5, 0.6) is 0 Å². The number of aromatic nitrogens is 4. The van der Waals surface area contributed by atoms with Gasteiger partial charge in [0.1, 0.15) is 18.8 Å². The number of carbonyl (C=O) groups is 1. The molecule has 0 aliphatic rings. The molecule has 0 fully saturated rings. The summed E-state index contributed by atoms with van der Waals surface area (Å²) in [7, 11) is 0. The first-order chi connectivity index (χ1) is 10.7. The van der Waals surface area contributed by atoms with Crippen LogP contribution in [0.4, 0.5) is 0 Å². The third-order valence-electron chi connectivity index (χ3n) is 2.95. The molecule has 6 nitrogen and oxygen atoms in total. The molecule has 1 atom stereocenters. The van der Waals surface area contributed by atoms with Crippen LogP contribution in [0, 0.1) is 0 Å². The van der Waals surface area contributed by atoms with E-state index in [1.54, 1.807) is 34.0 Å². The van der Waals surface area contributed by atoms with E-state index in [0.29, 0.717) is 17.3 Å². The zero-order chi connectivity index (χ0) is 15.4. The van der Waals surface area contributed by atoms with E-state index in [1.165, 1.54) is 17.7 Å². The van der Waals surface area contributed by atoms with Crippen LogP contribution in [0.2, 0.25) is 5.02 Å². The first-order valence-corrected chi connectivity index (χ1v) is 7.71. The molecule has 0 N–H and O–H groups in total. The van der Waals surface area contributed by atoms with Crippen molar-refractivity contribution in [1.29, 1.82) is 0 Å². The van der Waals surface area contributed by atoms with Gasteiger partial charge >= 0.3 is 5.97 Å². The van der Waals surface area contributed by atoms with Crippen LogP contribution < -0.4 is 0 Å². The number of ether oxygens (including phenoxy) is 1. The summed E-state index contributed by atoms with van der Waals surface area (Å²) in [5.74, 6) is -0.471. The molecule has 2 aromatic heterocycles. The Hall–Kier alpha value is -2.25. The third-order valence-corrected chi connectivity index (χ3v) is 3.79. The van der Waals surface area contributed by atoms with Crippen molar-refractivity contribution in [3.8, 4) is 0 Å². The molecule has 0 aliphatic carbocycles. The molecule has 0 amide bonds. The molecule has 0 unspecified atom stereocenters. The van der Waals surface area contributed by atoms with Gasteiger partial charge in [0.15, 0.2) is 5.69 Å². The summed E-state index contributed by atoms with van der Waals surface area (Å²) >= 11 is 7.24. The second kappa shape index (κ2) is 6.67. The standard InChI is InChI=1S/C14H11ClN4O2S/c15-11-3-1-10(2-4-11)13(5-19-8-16-7-18-19)21-14(20)12-6-22-9-17-12/h1-4,6-9,13H,5H2/t13-/m0/s1. The monoisotopic (exact) mass is 334 g/mol. The smallest absolute Gasteiger partial charge is 0.358 e. The molecule has 22 heavy (non-hydrogen) atoms. The van der Waals surface area contributed by atoms with Gasteiger partial charge in [-0.05, 0) is 17.7 Å².